The first kappa shape index (κ1) is 15.6. The van der Waals surface area contributed by atoms with Crippen molar-refractivity contribution in [3.8, 4) is 0 Å². The zero-order chi connectivity index (χ0) is 12.6. The monoisotopic (exact) mass is 266 g/mol. The van der Waals surface area contributed by atoms with Crippen LogP contribution < -0.4 is 0 Å². The van der Waals surface area contributed by atoms with Gasteiger partial charge in [0.05, 0.1) is 0 Å². The minimum absolute atomic E-state index is 0.207. The third-order valence-electron chi connectivity index (χ3n) is 2.26. The molecule has 0 bridgehead atoms. The molecule has 0 aliphatic rings. The minimum atomic E-state index is -1.25. The van der Waals surface area contributed by atoms with Crippen LogP contribution in [0.5, 0.6) is 0 Å². The van der Waals surface area contributed by atoms with Gasteiger partial charge in [0.25, 0.3) is 0 Å². The fraction of sp³-hybridized carbons (Fsp3) is 0.800. The molecule has 0 amide bonds. The number of unbranched alkanes of at least 4 members (excludes halogenated alkanes) is 4. The molecule has 0 aromatic carbocycles. The number of carbonyl (C=O) groups is 2. The normalized spacial score (nSPS) is 11.4. The highest BCUT2D eigenvalue weighted by Crippen LogP contribution is 2.27. The van der Waals surface area contributed by atoms with Gasteiger partial charge in [0, 0.05) is 6.42 Å². The first-order valence-corrected chi connectivity index (χ1v) is 6.15. The number of rotatable bonds is 9. The Bertz CT molecular complexity index is 241. The van der Waals surface area contributed by atoms with Crippen LogP contribution in [-0.2, 0) is 9.59 Å². The Hall–Kier alpha value is -0.360. The van der Waals surface area contributed by atoms with Crippen LogP contribution in [0.15, 0.2) is 0 Å². The van der Waals surface area contributed by atoms with Crippen LogP contribution in [-0.4, -0.2) is 26.2 Å². The standard InChI is InChI=1S/C10H18O4S2/c11-8(12)6-4-2-1-3-5-7-10(15,16)9(13)14/h15-16H,1-7H2,(H,11,12)(H,13,14). The highest BCUT2D eigenvalue weighted by molar-refractivity contribution is 8.01. The summed E-state index contributed by atoms with van der Waals surface area (Å²) in [6.45, 7) is 0. The SMILES string of the molecule is O=C(O)CCCCCCCC(S)(S)C(=O)O. The molecule has 4 nitrogen and oxygen atoms in total. The second-order valence-electron chi connectivity index (χ2n) is 3.78. The molecule has 16 heavy (non-hydrogen) atoms. The smallest absolute Gasteiger partial charge is 0.329 e. The largest absolute Gasteiger partial charge is 0.481 e. The summed E-state index contributed by atoms with van der Waals surface area (Å²) in [7, 11) is 0. The molecule has 0 heterocycles. The Morgan fingerprint density at radius 3 is 1.94 bits per heavy atom. The van der Waals surface area contributed by atoms with E-state index in [1.807, 2.05) is 0 Å². The van der Waals surface area contributed by atoms with E-state index in [1.54, 1.807) is 0 Å². The topological polar surface area (TPSA) is 74.6 Å². The van der Waals surface area contributed by atoms with Gasteiger partial charge in [-0.05, 0) is 12.8 Å². The van der Waals surface area contributed by atoms with Crippen molar-refractivity contribution in [1.29, 1.82) is 0 Å². The molecule has 0 aliphatic carbocycles. The average molecular weight is 266 g/mol. The van der Waals surface area contributed by atoms with Crippen LogP contribution in [0.4, 0.5) is 0 Å². The second kappa shape index (κ2) is 7.84. The fourth-order valence-corrected chi connectivity index (χ4v) is 1.60. The molecule has 0 unspecified atom stereocenters. The maximum absolute atomic E-state index is 10.6. The van der Waals surface area contributed by atoms with E-state index < -0.39 is 16.0 Å². The summed E-state index contributed by atoms with van der Waals surface area (Å²) in [6.07, 6.45) is 4.71. The van der Waals surface area contributed by atoms with Crippen molar-refractivity contribution in [2.45, 2.75) is 49.0 Å². The maximum atomic E-state index is 10.6. The fourth-order valence-electron chi connectivity index (χ4n) is 1.28. The molecule has 94 valence electrons. The summed E-state index contributed by atoms with van der Waals surface area (Å²) in [4.78, 5) is 20.9. The number of carboxylic acid groups (broad SMARTS) is 2. The van der Waals surface area contributed by atoms with Gasteiger partial charge in [-0.3, -0.25) is 4.79 Å². The summed E-state index contributed by atoms with van der Waals surface area (Å²) >= 11 is 7.88. The maximum Gasteiger partial charge on any atom is 0.329 e. The molecular weight excluding hydrogens is 248 g/mol. The van der Waals surface area contributed by atoms with Crippen LogP contribution in [0, 0.1) is 0 Å². The summed E-state index contributed by atoms with van der Waals surface area (Å²) in [5.41, 5.74) is 0. The zero-order valence-electron chi connectivity index (χ0n) is 9.06. The van der Waals surface area contributed by atoms with Gasteiger partial charge in [-0.2, -0.15) is 25.3 Å². The van der Waals surface area contributed by atoms with Gasteiger partial charge >= 0.3 is 11.9 Å². The van der Waals surface area contributed by atoms with E-state index in [-0.39, 0.29) is 6.42 Å². The zero-order valence-corrected chi connectivity index (χ0v) is 10.8. The van der Waals surface area contributed by atoms with E-state index in [9.17, 15) is 9.59 Å². The number of carboxylic acids is 2. The van der Waals surface area contributed by atoms with Crippen molar-refractivity contribution in [3.63, 3.8) is 0 Å². The van der Waals surface area contributed by atoms with Gasteiger partial charge in [-0.15, -0.1) is 0 Å². The van der Waals surface area contributed by atoms with Gasteiger partial charge in [-0.1, -0.05) is 25.7 Å². The quantitative estimate of drug-likeness (QED) is 0.294. The molecule has 0 radical (unpaired) electrons. The predicted molar refractivity (Wildman–Crippen MR) is 68.3 cm³/mol. The Kier molecular flexibility index (Phi) is 7.66. The van der Waals surface area contributed by atoms with Gasteiger partial charge in [0.2, 0.25) is 0 Å². The Morgan fingerprint density at radius 1 is 0.938 bits per heavy atom. The molecule has 0 aromatic heterocycles. The van der Waals surface area contributed by atoms with E-state index >= 15 is 0 Å². The van der Waals surface area contributed by atoms with Crippen LogP contribution in [0.3, 0.4) is 0 Å². The molecule has 2 N–H and O–H groups in total. The Labute approximate surface area is 106 Å². The molecular formula is C10H18O4S2. The molecule has 6 heteroatoms. The lowest BCUT2D eigenvalue weighted by molar-refractivity contribution is -0.138. The number of hydrogen-bond acceptors (Lipinski definition) is 4. The number of hydrogen-bond donors (Lipinski definition) is 4. The van der Waals surface area contributed by atoms with Crippen LogP contribution >= 0.6 is 25.3 Å². The van der Waals surface area contributed by atoms with Crippen molar-refractivity contribution >= 4 is 37.2 Å². The lowest BCUT2D eigenvalue weighted by Gasteiger charge is -2.16. The van der Waals surface area contributed by atoms with E-state index in [4.69, 9.17) is 10.2 Å². The third-order valence-corrected chi connectivity index (χ3v) is 3.09. The van der Waals surface area contributed by atoms with Gasteiger partial charge in [0.15, 0.2) is 4.08 Å². The van der Waals surface area contributed by atoms with Crippen molar-refractivity contribution in [2.24, 2.45) is 0 Å². The molecule has 0 saturated heterocycles. The van der Waals surface area contributed by atoms with E-state index in [1.165, 1.54) is 0 Å². The summed E-state index contributed by atoms with van der Waals surface area (Å²) in [5, 5.41) is 17.1. The average Bonchev–Trinajstić information content (AvgIpc) is 2.15. The number of aliphatic carboxylic acids is 2. The van der Waals surface area contributed by atoms with Crippen molar-refractivity contribution in [1.82, 2.24) is 0 Å². The highest BCUT2D eigenvalue weighted by Gasteiger charge is 2.28. The minimum Gasteiger partial charge on any atom is -0.481 e. The molecule has 0 spiro atoms. The van der Waals surface area contributed by atoms with Gasteiger partial charge in [-0.25, -0.2) is 4.79 Å². The van der Waals surface area contributed by atoms with Crippen molar-refractivity contribution in [2.75, 3.05) is 0 Å². The summed E-state index contributed by atoms with van der Waals surface area (Å²) in [5.74, 6) is -1.79. The molecule has 0 saturated carbocycles. The lowest BCUT2D eigenvalue weighted by atomic mass is 10.1. The van der Waals surface area contributed by atoms with Gasteiger partial charge in [0.1, 0.15) is 0 Å². The predicted octanol–water partition coefficient (Wildman–Crippen LogP) is 2.44. The van der Waals surface area contributed by atoms with E-state index in [0.717, 1.165) is 25.7 Å². The first-order chi connectivity index (χ1) is 7.36. The van der Waals surface area contributed by atoms with Gasteiger partial charge < -0.3 is 10.2 Å². The van der Waals surface area contributed by atoms with Crippen LogP contribution in [0.2, 0.25) is 0 Å². The van der Waals surface area contributed by atoms with E-state index in [2.05, 4.69) is 25.3 Å². The molecule has 0 aromatic rings. The molecule has 0 atom stereocenters. The van der Waals surface area contributed by atoms with E-state index in [0.29, 0.717) is 12.8 Å². The third kappa shape index (κ3) is 7.87. The second-order valence-corrected chi connectivity index (χ2v) is 5.66. The Balaban J connectivity index is 3.40. The van der Waals surface area contributed by atoms with Crippen LogP contribution in [0.1, 0.15) is 44.9 Å². The van der Waals surface area contributed by atoms with Crippen molar-refractivity contribution < 1.29 is 19.8 Å². The molecule has 0 aliphatic heterocycles. The molecule has 0 rings (SSSR count). The van der Waals surface area contributed by atoms with Crippen molar-refractivity contribution in [3.05, 3.63) is 0 Å². The number of thiol groups is 2. The lowest BCUT2D eigenvalue weighted by Crippen LogP contribution is -2.25. The Morgan fingerprint density at radius 2 is 1.44 bits per heavy atom. The molecule has 0 fully saturated rings. The highest BCUT2D eigenvalue weighted by atomic mass is 32.2. The van der Waals surface area contributed by atoms with Crippen LogP contribution in [0.25, 0.3) is 0 Å². The summed E-state index contributed by atoms with van der Waals surface area (Å²) < 4.78 is -1.25. The summed E-state index contributed by atoms with van der Waals surface area (Å²) in [6, 6.07) is 0. The first-order valence-electron chi connectivity index (χ1n) is 5.26.